The van der Waals surface area contributed by atoms with Crippen LogP contribution in [0.2, 0.25) is 0 Å². The van der Waals surface area contributed by atoms with Gasteiger partial charge in [-0.1, -0.05) is 60.7 Å². The van der Waals surface area contributed by atoms with E-state index in [1.165, 1.54) is 11.1 Å². The Morgan fingerprint density at radius 1 is 1.06 bits per heavy atom. The van der Waals surface area contributed by atoms with Crippen LogP contribution in [0.5, 0.6) is 0 Å². The first-order valence-corrected chi connectivity index (χ1v) is 11.1. The summed E-state index contributed by atoms with van der Waals surface area (Å²) in [5, 5.41) is 0. The number of fused-ring (bicyclic) bond motifs is 1. The topological polar surface area (TPSA) is 42.0 Å². The molecular formula is C26H34N2O3. The number of nitrogens with zero attached hydrogens (tertiary/aromatic N) is 2. The predicted molar refractivity (Wildman–Crippen MR) is 121 cm³/mol. The van der Waals surface area contributed by atoms with Gasteiger partial charge in [-0.3, -0.25) is 14.6 Å². The van der Waals surface area contributed by atoms with Crippen LogP contribution >= 0.6 is 0 Å². The lowest BCUT2D eigenvalue weighted by atomic mass is 9.97. The van der Waals surface area contributed by atoms with Crippen LogP contribution in [0, 0.1) is 0 Å². The van der Waals surface area contributed by atoms with Crippen LogP contribution in [0.1, 0.15) is 51.3 Å². The summed E-state index contributed by atoms with van der Waals surface area (Å²) in [6.07, 6.45) is 0.595. The van der Waals surface area contributed by atoms with E-state index in [0.29, 0.717) is 6.42 Å². The molecule has 2 aliphatic heterocycles. The van der Waals surface area contributed by atoms with Crippen molar-refractivity contribution >= 4 is 5.97 Å². The van der Waals surface area contributed by atoms with Crippen LogP contribution in [0.25, 0.3) is 0 Å². The molecule has 0 unspecified atom stereocenters. The van der Waals surface area contributed by atoms with Gasteiger partial charge in [0.15, 0.2) is 0 Å². The molecule has 0 radical (unpaired) electrons. The van der Waals surface area contributed by atoms with E-state index in [-0.39, 0.29) is 24.2 Å². The third kappa shape index (κ3) is 4.40. The Labute approximate surface area is 185 Å². The van der Waals surface area contributed by atoms with Crippen molar-refractivity contribution in [3.05, 3.63) is 71.8 Å². The zero-order valence-corrected chi connectivity index (χ0v) is 19.2. The lowest BCUT2D eigenvalue weighted by molar-refractivity contribution is -0.161. The molecule has 4 rings (SSSR count). The predicted octanol–water partition coefficient (Wildman–Crippen LogP) is 4.39. The highest BCUT2D eigenvalue weighted by molar-refractivity contribution is 5.77. The third-order valence-corrected chi connectivity index (χ3v) is 6.46. The lowest BCUT2D eigenvalue weighted by Crippen LogP contribution is -2.50. The summed E-state index contributed by atoms with van der Waals surface area (Å²) in [7, 11) is 1.76. The van der Waals surface area contributed by atoms with Crippen molar-refractivity contribution in [2.45, 2.75) is 70.1 Å². The Kier molecular flexibility index (Phi) is 5.95. The van der Waals surface area contributed by atoms with Gasteiger partial charge >= 0.3 is 5.97 Å². The average molecular weight is 423 g/mol. The minimum atomic E-state index is -0.523. The molecule has 4 atom stereocenters. The number of esters is 1. The van der Waals surface area contributed by atoms with Crippen molar-refractivity contribution in [3.8, 4) is 0 Å². The van der Waals surface area contributed by atoms with Gasteiger partial charge in [-0.15, -0.1) is 0 Å². The summed E-state index contributed by atoms with van der Waals surface area (Å²) in [6.45, 7) is 9.54. The Morgan fingerprint density at radius 2 is 1.68 bits per heavy atom. The van der Waals surface area contributed by atoms with Crippen molar-refractivity contribution in [1.29, 1.82) is 0 Å². The summed E-state index contributed by atoms with van der Waals surface area (Å²) in [4.78, 5) is 18.1. The number of carbonyl (C=O) groups is 1. The Balaban J connectivity index is 1.73. The fourth-order valence-corrected chi connectivity index (χ4v) is 5.14. The van der Waals surface area contributed by atoms with E-state index in [1.54, 1.807) is 7.11 Å². The quantitative estimate of drug-likeness (QED) is 0.669. The van der Waals surface area contributed by atoms with E-state index in [0.717, 1.165) is 13.1 Å². The molecule has 5 nitrogen and oxygen atoms in total. The van der Waals surface area contributed by atoms with Crippen LogP contribution < -0.4 is 0 Å². The first kappa shape index (κ1) is 22.0. The van der Waals surface area contributed by atoms with E-state index in [2.05, 4.69) is 65.3 Å². The van der Waals surface area contributed by atoms with Gasteiger partial charge in [0.2, 0.25) is 0 Å². The zero-order chi connectivity index (χ0) is 22.2. The van der Waals surface area contributed by atoms with Crippen molar-refractivity contribution in [1.82, 2.24) is 9.80 Å². The molecule has 31 heavy (non-hydrogen) atoms. The number of hydrogen-bond donors (Lipinski definition) is 0. The maximum absolute atomic E-state index is 13.3. The summed E-state index contributed by atoms with van der Waals surface area (Å²) >= 11 is 0. The molecule has 2 fully saturated rings. The number of benzene rings is 2. The Hall–Kier alpha value is -2.21. The highest BCUT2D eigenvalue weighted by Gasteiger charge is 2.61. The highest BCUT2D eigenvalue weighted by Crippen LogP contribution is 2.48. The van der Waals surface area contributed by atoms with Gasteiger partial charge < -0.3 is 9.47 Å². The van der Waals surface area contributed by atoms with Gasteiger partial charge in [-0.2, -0.15) is 0 Å². The Morgan fingerprint density at radius 3 is 2.26 bits per heavy atom. The molecule has 0 aromatic heterocycles. The van der Waals surface area contributed by atoms with Crippen LogP contribution in [-0.2, 0) is 20.8 Å². The van der Waals surface area contributed by atoms with E-state index in [4.69, 9.17) is 9.47 Å². The molecule has 2 saturated heterocycles. The van der Waals surface area contributed by atoms with Gasteiger partial charge in [-0.25, -0.2) is 0 Å². The average Bonchev–Trinajstić information content (AvgIpc) is 3.26. The zero-order valence-electron chi connectivity index (χ0n) is 19.2. The van der Waals surface area contributed by atoms with E-state index >= 15 is 0 Å². The van der Waals surface area contributed by atoms with Crippen LogP contribution in [0.3, 0.4) is 0 Å². The maximum atomic E-state index is 13.3. The smallest absolute Gasteiger partial charge is 0.324 e. The molecule has 2 aromatic carbocycles. The van der Waals surface area contributed by atoms with Gasteiger partial charge in [0.1, 0.15) is 11.6 Å². The number of rotatable bonds is 5. The summed E-state index contributed by atoms with van der Waals surface area (Å²) < 4.78 is 11.9. The molecular weight excluding hydrogens is 388 g/mol. The molecule has 5 heteroatoms. The SMILES string of the molecule is CO[C@]1(C)C[C@@H](C(=O)OC(C)(C)C)N2[C@@H](c3ccccc3)CN(Cc3ccccc3)[C@@H]21. The molecule has 2 aliphatic rings. The second kappa shape index (κ2) is 8.38. The molecule has 0 bridgehead atoms. The number of carbonyl (C=O) groups excluding carboxylic acids is 1. The standard InChI is InChI=1S/C26H34N2O3/c1-25(2,3)31-23(29)21-16-26(4,30-5)24-27(17-19-12-8-6-9-13-19)18-22(28(21)24)20-14-10-7-11-15-20/h6-15,21-22,24H,16-18H2,1-5H3/t21-,22+,24-,26+/m0/s1. The summed E-state index contributed by atoms with van der Waals surface area (Å²) in [6, 6.07) is 20.7. The van der Waals surface area contributed by atoms with Crippen molar-refractivity contribution < 1.29 is 14.3 Å². The number of ether oxygens (including phenoxy) is 2. The lowest BCUT2D eigenvalue weighted by Gasteiger charge is -2.36. The van der Waals surface area contributed by atoms with E-state index in [9.17, 15) is 4.79 Å². The minimum absolute atomic E-state index is 0.0135. The summed E-state index contributed by atoms with van der Waals surface area (Å²) in [5.41, 5.74) is 1.48. The number of hydrogen-bond acceptors (Lipinski definition) is 5. The molecule has 0 N–H and O–H groups in total. The van der Waals surface area contributed by atoms with Gasteiger partial charge in [0, 0.05) is 26.6 Å². The fourth-order valence-electron chi connectivity index (χ4n) is 5.14. The van der Waals surface area contributed by atoms with Crippen LogP contribution in [0.4, 0.5) is 0 Å². The first-order chi connectivity index (χ1) is 14.7. The highest BCUT2D eigenvalue weighted by atomic mass is 16.6. The van der Waals surface area contributed by atoms with Crippen molar-refractivity contribution in [2.75, 3.05) is 13.7 Å². The molecule has 0 saturated carbocycles. The molecule has 0 amide bonds. The minimum Gasteiger partial charge on any atom is -0.459 e. The van der Waals surface area contributed by atoms with Gasteiger partial charge in [0.25, 0.3) is 0 Å². The van der Waals surface area contributed by atoms with Crippen LogP contribution in [-0.4, -0.2) is 52.8 Å². The largest absolute Gasteiger partial charge is 0.459 e. The Bertz CT molecular complexity index is 896. The number of methoxy groups -OCH3 is 1. The van der Waals surface area contributed by atoms with Crippen LogP contribution in [0.15, 0.2) is 60.7 Å². The second-order valence-electron chi connectivity index (χ2n) is 9.93. The third-order valence-electron chi connectivity index (χ3n) is 6.46. The maximum Gasteiger partial charge on any atom is 0.324 e. The monoisotopic (exact) mass is 422 g/mol. The molecule has 166 valence electrons. The second-order valence-corrected chi connectivity index (χ2v) is 9.93. The van der Waals surface area contributed by atoms with Gasteiger partial charge in [-0.05, 0) is 38.8 Å². The van der Waals surface area contributed by atoms with E-state index < -0.39 is 11.2 Å². The van der Waals surface area contributed by atoms with Crippen molar-refractivity contribution in [3.63, 3.8) is 0 Å². The normalized spacial score (nSPS) is 29.1. The van der Waals surface area contributed by atoms with E-state index in [1.807, 2.05) is 32.9 Å². The fraction of sp³-hybridized carbons (Fsp3) is 0.500. The molecule has 2 aromatic rings. The summed E-state index contributed by atoms with van der Waals surface area (Å²) in [5.74, 6) is -0.166. The molecule has 2 heterocycles. The van der Waals surface area contributed by atoms with Gasteiger partial charge in [0.05, 0.1) is 17.8 Å². The first-order valence-electron chi connectivity index (χ1n) is 11.1. The molecule has 0 aliphatic carbocycles. The molecule has 0 spiro atoms. The van der Waals surface area contributed by atoms with Crippen molar-refractivity contribution in [2.24, 2.45) is 0 Å².